The highest BCUT2D eigenvalue weighted by atomic mass is 15.3. The van der Waals surface area contributed by atoms with Gasteiger partial charge in [-0.05, 0) is 38.9 Å². The van der Waals surface area contributed by atoms with Crippen molar-refractivity contribution in [2.75, 3.05) is 26.0 Å². The predicted octanol–water partition coefficient (Wildman–Crippen LogP) is 2.59. The van der Waals surface area contributed by atoms with Crippen LogP contribution in [0.25, 0.3) is 5.65 Å². The second-order valence-corrected chi connectivity index (χ2v) is 6.99. The van der Waals surface area contributed by atoms with E-state index in [2.05, 4.69) is 74.2 Å². The van der Waals surface area contributed by atoms with Gasteiger partial charge in [0.15, 0.2) is 5.82 Å². The van der Waals surface area contributed by atoms with Gasteiger partial charge in [0.25, 0.3) is 0 Å². The molecule has 6 nitrogen and oxygen atoms in total. The molecule has 0 radical (unpaired) electrons. The zero-order chi connectivity index (χ0) is 17.2. The van der Waals surface area contributed by atoms with Crippen molar-refractivity contribution in [1.82, 2.24) is 24.5 Å². The van der Waals surface area contributed by atoms with Crippen molar-refractivity contribution in [2.45, 2.75) is 31.2 Å². The van der Waals surface area contributed by atoms with Crippen molar-refractivity contribution in [1.29, 1.82) is 0 Å². The number of nitrogens with one attached hydrogen (secondary N) is 1. The minimum Gasteiger partial charge on any atom is -0.365 e. The quantitative estimate of drug-likeness (QED) is 0.719. The number of benzene rings is 1. The summed E-state index contributed by atoms with van der Waals surface area (Å²) in [5.74, 6) is 2.44. The van der Waals surface area contributed by atoms with Gasteiger partial charge < -0.3 is 10.2 Å². The molecule has 2 aromatic heterocycles. The van der Waals surface area contributed by atoms with E-state index in [-0.39, 0.29) is 0 Å². The Morgan fingerprint density at radius 1 is 1.20 bits per heavy atom. The second-order valence-electron chi connectivity index (χ2n) is 6.99. The number of aromatic nitrogens is 4. The molecule has 1 N–H and O–H groups in total. The second kappa shape index (κ2) is 6.80. The average Bonchev–Trinajstić information content (AvgIpc) is 3.38. The Morgan fingerprint density at radius 3 is 2.72 bits per heavy atom. The lowest BCUT2D eigenvalue weighted by molar-refractivity contribution is 0.303. The molecule has 0 aliphatic heterocycles. The van der Waals surface area contributed by atoms with E-state index in [1.54, 1.807) is 0 Å². The number of rotatable bonds is 7. The van der Waals surface area contributed by atoms with Crippen LogP contribution in [0.4, 0.5) is 5.82 Å². The zero-order valence-electron chi connectivity index (χ0n) is 14.8. The summed E-state index contributed by atoms with van der Waals surface area (Å²) in [6.45, 7) is 0.806. The van der Waals surface area contributed by atoms with Crippen LogP contribution in [0.3, 0.4) is 0 Å². The molecule has 1 aliphatic carbocycles. The van der Waals surface area contributed by atoms with Crippen molar-refractivity contribution in [3.8, 4) is 0 Å². The number of anilines is 1. The highest BCUT2D eigenvalue weighted by Gasteiger charge is 2.29. The lowest BCUT2D eigenvalue weighted by Gasteiger charge is -2.25. The normalized spacial score (nSPS) is 15.6. The fourth-order valence-corrected chi connectivity index (χ4v) is 3.13. The van der Waals surface area contributed by atoms with E-state index < -0.39 is 0 Å². The maximum atomic E-state index is 4.49. The fourth-order valence-electron chi connectivity index (χ4n) is 3.13. The molecule has 4 rings (SSSR count). The van der Waals surface area contributed by atoms with E-state index in [9.17, 15) is 0 Å². The molecule has 1 fully saturated rings. The van der Waals surface area contributed by atoms with Crippen LogP contribution in [0, 0.1) is 0 Å². The van der Waals surface area contributed by atoms with Crippen LogP contribution in [0.15, 0.2) is 42.7 Å². The van der Waals surface area contributed by atoms with Crippen molar-refractivity contribution < 1.29 is 0 Å². The van der Waals surface area contributed by atoms with E-state index in [0.717, 1.165) is 30.3 Å². The maximum Gasteiger partial charge on any atom is 0.203 e. The van der Waals surface area contributed by atoms with Crippen LogP contribution in [-0.2, 0) is 6.42 Å². The van der Waals surface area contributed by atoms with Gasteiger partial charge in [-0.1, -0.05) is 30.3 Å². The summed E-state index contributed by atoms with van der Waals surface area (Å²) in [4.78, 5) is 6.73. The van der Waals surface area contributed by atoms with Crippen LogP contribution in [0.5, 0.6) is 0 Å². The van der Waals surface area contributed by atoms with Gasteiger partial charge in [-0.15, -0.1) is 10.2 Å². The third-order valence-electron chi connectivity index (χ3n) is 4.85. The molecule has 1 unspecified atom stereocenters. The van der Waals surface area contributed by atoms with Gasteiger partial charge in [0.2, 0.25) is 5.65 Å². The smallest absolute Gasteiger partial charge is 0.203 e. The van der Waals surface area contributed by atoms with E-state index in [1.165, 1.54) is 18.4 Å². The summed E-state index contributed by atoms with van der Waals surface area (Å²) in [6, 6.07) is 11.0. The van der Waals surface area contributed by atoms with E-state index in [0.29, 0.717) is 12.0 Å². The largest absolute Gasteiger partial charge is 0.365 e. The van der Waals surface area contributed by atoms with E-state index >= 15 is 0 Å². The first-order chi connectivity index (χ1) is 12.2. The van der Waals surface area contributed by atoms with Crippen LogP contribution in [0.1, 0.15) is 30.1 Å². The highest BCUT2D eigenvalue weighted by molar-refractivity contribution is 5.62. The van der Waals surface area contributed by atoms with Crippen LogP contribution >= 0.6 is 0 Å². The molecule has 2 heterocycles. The topological polar surface area (TPSA) is 58.4 Å². The van der Waals surface area contributed by atoms with Crippen LogP contribution in [0.2, 0.25) is 0 Å². The van der Waals surface area contributed by atoms with Crippen LogP contribution < -0.4 is 5.32 Å². The zero-order valence-corrected chi connectivity index (χ0v) is 14.8. The molecule has 1 atom stereocenters. The van der Waals surface area contributed by atoms with E-state index in [1.807, 2.05) is 12.4 Å². The molecule has 130 valence electrons. The Balaban J connectivity index is 1.50. The molecule has 0 amide bonds. The maximum absolute atomic E-state index is 4.49. The van der Waals surface area contributed by atoms with Crippen molar-refractivity contribution in [3.05, 3.63) is 54.1 Å². The lowest BCUT2D eigenvalue weighted by atomic mass is 10.1. The summed E-state index contributed by atoms with van der Waals surface area (Å²) in [7, 11) is 4.23. The Labute approximate surface area is 147 Å². The number of hydrogen-bond acceptors (Lipinski definition) is 5. The van der Waals surface area contributed by atoms with Crippen molar-refractivity contribution >= 4 is 11.5 Å². The molecule has 25 heavy (non-hydrogen) atoms. The Hall–Kier alpha value is -2.47. The molecular weight excluding hydrogens is 312 g/mol. The van der Waals surface area contributed by atoms with Gasteiger partial charge in [-0.2, -0.15) is 0 Å². The number of fused-ring (bicyclic) bond motifs is 1. The van der Waals surface area contributed by atoms with Gasteiger partial charge in [0.05, 0.1) is 0 Å². The Morgan fingerprint density at radius 2 is 2.00 bits per heavy atom. The summed E-state index contributed by atoms with van der Waals surface area (Å²) >= 11 is 0. The fraction of sp³-hybridized carbons (Fsp3) is 0.421. The SMILES string of the molecule is CN(C)C(CNc1nccn2c(C3CC3)nnc12)Cc1ccccc1. The first-order valence-corrected chi connectivity index (χ1v) is 8.86. The number of nitrogens with zero attached hydrogens (tertiary/aromatic N) is 5. The average molecular weight is 336 g/mol. The Bertz CT molecular complexity index is 838. The van der Waals surface area contributed by atoms with Gasteiger partial charge in [-0.3, -0.25) is 4.40 Å². The molecule has 0 bridgehead atoms. The van der Waals surface area contributed by atoms with Crippen LogP contribution in [-0.4, -0.2) is 51.2 Å². The van der Waals surface area contributed by atoms with Gasteiger partial charge in [-0.25, -0.2) is 4.98 Å². The summed E-state index contributed by atoms with van der Waals surface area (Å²) < 4.78 is 2.08. The van der Waals surface area contributed by atoms with Gasteiger partial charge >= 0.3 is 0 Å². The molecule has 3 aromatic rings. The standard InChI is InChI=1S/C19H24N6/c1-24(2)16(12-14-6-4-3-5-7-14)13-21-17-19-23-22-18(15-8-9-15)25(19)11-10-20-17/h3-7,10-11,15-16H,8-9,12-13H2,1-2H3,(H,20,21). The minimum atomic E-state index is 0.371. The number of hydrogen-bond donors (Lipinski definition) is 1. The third-order valence-corrected chi connectivity index (χ3v) is 4.85. The third kappa shape index (κ3) is 3.49. The summed E-state index contributed by atoms with van der Waals surface area (Å²) in [5.41, 5.74) is 2.16. The number of likely N-dealkylation sites (N-methyl/N-ethyl adjacent to an activating group) is 1. The summed E-state index contributed by atoms with van der Waals surface area (Å²) in [5, 5.41) is 12.2. The molecule has 0 saturated heterocycles. The molecule has 1 aromatic carbocycles. The highest BCUT2D eigenvalue weighted by Crippen LogP contribution is 2.39. The van der Waals surface area contributed by atoms with Gasteiger partial charge in [0.1, 0.15) is 5.82 Å². The van der Waals surface area contributed by atoms with E-state index in [4.69, 9.17) is 0 Å². The minimum absolute atomic E-state index is 0.371. The molecule has 6 heteroatoms. The van der Waals surface area contributed by atoms with Gasteiger partial charge in [0, 0.05) is 30.9 Å². The molecule has 1 aliphatic rings. The lowest BCUT2D eigenvalue weighted by Crippen LogP contribution is -2.36. The predicted molar refractivity (Wildman–Crippen MR) is 98.9 cm³/mol. The molecule has 1 saturated carbocycles. The monoisotopic (exact) mass is 336 g/mol. The molecular formula is C19H24N6. The van der Waals surface area contributed by atoms with Crippen molar-refractivity contribution in [3.63, 3.8) is 0 Å². The first kappa shape index (κ1) is 16.0. The summed E-state index contributed by atoms with van der Waals surface area (Å²) in [6.07, 6.45) is 7.20. The van der Waals surface area contributed by atoms with Crippen molar-refractivity contribution in [2.24, 2.45) is 0 Å². The molecule has 0 spiro atoms. The first-order valence-electron chi connectivity index (χ1n) is 8.86. The Kier molecular flexibility index (Phi) is 4.36.